The van der Waals surface area contributed by atoms with Crippen LogP contribution >= 0.6 is 0 Å². The number of rotatable bonds is 7. The van der Waals surface area contributed by atoms with Gasteiger partial charge in [-0.2, -0.15) is 0 Å². The minimum atomic E-state index is 0.863. The van der Waals surface area contributed by atoms with Crippen molar-refractivity contribution in [2.75, 3.05) is 72.6 Å². The van der Waals surface area contributed by atoms with Gasteiger partial charge < -0.3 is 20.3 Å². The molecular formula is C17H35N5O. The van der Waals surface area contributed by atoms with Gasteiger partial charge in [0, 0.05) is 39.8 Å². The van der Waals surface area contributed by atoms with Crippen molar-refractivity contribution in [3.8, 4) is 0 Å². The van der Waals surface area contributed by atoms with Gasteiger partial charge >= 0.3 is 0 Å². The molecule has 0 aromatic heterocycles. The van der Waals surface area contributed by atoms with Crippen LogP contribution in [-0.2, 0) is 4.74 Å². The van der Waals surface area contributed by atoms with Crippen LogP contribution in [0.5, 0.6) is 0 Å². The van der Waals surface area contributed by atoms with Gasteiger partial charge in [0.15, 0.2) is 5.96 Å². The van der Waals surface area contributed by atoms with E-state index in [1.807, 2.05) is 7.05 Å². The highest BCUT2D eigenvalue weighted by Gasteiger charge is 2.14. The molecule has 0 atom stereocenters. The molecule has 0 unspecified atom stereocenters. The van der Waals surface area contributed by atoms with Crippen LogP contribution in [0.25, 0.3) is 0 Å². The van der Waals surface area contributed by atoms with Gasteiger partial charge in [-0.1, -0.05) is 6.92 Å². The lowest BCUT2D eigenvalue weighted by Crippen LogP contribution is -2.45. The Hall–Kier alpha value is -0.850. The van der Waals surface area contributed by atoms with Crippen LogP contribution in [0.2, 0.25) is 0 Å². The number of nitrogens with one attached hydrogen (secondary N) is 2. The summed E-state index contributed by atoms with van der Waals surface area (Å²) in [5.41, 5.74) is 0. The number of ether oxygens (including phenoxy) is 1. The molecule has 2 N–H and O–H groups in total. The smallest absolute Gasteiger partial charge is 0.191 e. The summed E-state index contributed by atoms with van der Waals surface area (Å²) in [7, 11) is 1.84. The Balaban J connectivity index is 1.49. The second-order valence-electron chi connectivity index (χ2n) is 6.76. The van der Waals surface area contributed by atoms with E-state index in [9.17, 15) is 0 Å². The summed E-state index contributed by atoms with van der Waals surface area (Å²) < 4.78 is 5.37. The van der Waals surface area contributed by atoms with Gasteiger partial charge in [-0.15, -0.1) is 0 Å². The second-order valence-corrected chi connectivity index (χ2v) is 6.76. The number of guanidine groups is 1. The molecule has 2 fully saturated rings. The molecule has 2 rings (SSSR count). The fourth-order valence-corrected chi connectivity index (χ4v) is 3.17. The minimum absolute atomic E-state index is 0.863. The summed E-state index contributed by atoms with van der Waals surface area (Å²) in [6.45, 7) is 12.9. The quantitative estimate of drug-likeness (QED) is 0.408. The van der Waals surface area contributed by atoms with Gasteiger partial charge in [0.1, 0.15) is 0 Å². The number of hydrogen-bond donors (Lipinski definition) is 2. The average Bonchev–Trinajstić information content (AvgIpc) is 2.59. The fraction of sp³-hybridized carbons (Fsp3) is 0.941. The lowest BCUT2D eigenvalue weighted by Gasteiger charge is -2.30. The molecule has 6 nitrogen and oxygen atoms in total. The van der Waals surface area contributed by atoms with E-state index in [2.05, 4.69) is 32.3 Å². The monoisotopic (exact) mass is 325 g/mol. The number of nitrogens with zero attached hydrogens (tertiary/aromatic N) is 3. The Kier molecular flexibility index (Phi) is 8.71. The van der Waals surface area contributed by atoms with Crippen molar-refractivity contribution >= 4 is 5.96 Å². The molecule has 6 heteroatoms. The number of aliphatic imine (C=N–C) groups is 1. The Morgan fingerprint density at radius 1 is 1.00 bits per heavy atom. The molecule has 23 heavy (non-hydrogen) atoms. The van der Waals surface area contributed by atoms with E-state index >= 15 is 0 Å². The summed E-state index contributed by atoms with van der Waals surface area (Å²) >= 11 is 0. The van der Waals surface area contributed by atoms with Gasteiger partial charge in [-0.25, -0.2) is 0 Å². The van der Waals surface area contributed by atoms with Crippen LogP contribution in [0.15, 0.2) is 4.99 Å². The van der Waals surface area contributed by atoms with E-state index < -0.39 is 0 Å². The van der Waals surface area contributed by atoms with E-state index in [4.69, 9.17) is 4.74 Å². The summed E-state index contributed by atoms with van der Waals surface area (Å²) in [6, 6.07) is 0. The van der Waals surface area contributed by atoms with Gasteiger partial charge in [-0.05, 0) is 44.8 Å². The van der Waals surface area contributed by atoms with Crippen molar-refractivity contribution in [3.63, 3.8) is 0 Å². The van der Waals surface area contributed by atoms with Crippen molar-refractivity contribution in [2.24, 2.45) is 10.9 Å². The predicted molar refractivity (Wildman–Crippen MR) is 96.1 cm³/mol. The Morgan fingerprint density at radius 2 is 1.65 bits per heavy atom. The minimum Gasteiger partial charge on any atom is -0.379 e. The molecule has 2 heterocycles. The Morgan fingerprint density at radius 3 is 2.35 bits per heavy atom. The fourth-order valence-electron chi connectivity index (χ4n) is 3.17. The van der Waals surface area contributed by atoms with Crippen LogP contribution in [-0.4, -0.2) is 88.4 Å². The van der Waals surface area contributed by atoms with Gasteiger partial charge in [-0.3, -0.25) is 9.89 Å². The highest BCUT2D eigenvalue weighted by atomic mass is 16.5. The number of morpholine rings is 1. The third kappa shape index (κ3) is 7.50. The van der Waals surface area contributed by atoms with Crippen molar-refractivity contribution < 1.29 is 4.74 Å². The zero-order valence-electron chi connectivity index (χ0n) is 15.0. The number of hydrogen-bond acceptors (Lipinski definition) is 4. The van der Waals surface area contributed by atoms with E-state index in [1.54, 1.807) is 0 Å². The number of piperidine rings is 1. The maximum Gasteiger partial charge on any atom is 0.191 e. The average molecular weight is 326 g/mol. The lowest BCUT2D eigenvalue weighted by atomic mass is 9.99. The zero-order valence-corrected chi connectivity index (χ0v) is 15.0. The standard InChI is InChI=1S/C17H35N5O/c1-16-4-9-21(10-5-16)8-3-6-19-17(18-2)20-7-11-22-12-14-23-15-13-22/h16H,3-15H2,1-2H3,(H2,18,19,20). The first kappa shape index (κ1) is 18.5. The Labute approximate surface area is 141 Å². The molecule has 0 aliphatic carbocycles. The van der Waals surface area contributed by atoms with Crippen molar-refractivity contribution in [1.82, 2.24) is 20.4 Å². The van der Waals surface area contributed by atoms with E-state index in [1.165, 1.54) is 38.9 Å². The Bertz CT molecular complexity index is 336. The summed E-state index contributed by atoms with van der Waals surface area (Å²) in [5, 5.41) is 6.83. The molecule has 0 aromatic carbocycles. The predicted octanol–water partition coefficient (Wildman–Crippen LogP) is 0.606. The molecule has 2 aliphatic heterocycles. The topological polar surface area (TPSA) is 52.1 Å². The van der Waals surface area contributed by atoms with Crippen molar-refractivity contribution in [3.05, 3.63) is 0 Å². The maximum atomic E-state index is 5.37. The molecule has 2 saturated heterocycles. The van der Waals surface area contributed by atoms with Crippen LogP contribution in [0.4, 0.5) is 0 Å². The highest BCUT2D eigenvalue weighted by Crippen LogP contribution is 2.15. The number of likely N-dealkylation sites (tertiary alicyclic amines) is 1. The molecule has 2 aliphatic rings. The van der Waals surface area contributed by atoms with Crippen LogP contribution in [0, 0.1) is 5.92 Å². The first-order chi connectivity index (χ1) is 11.3. The third-order valence-electron chi connectivity index (χ3n) is 4.87. The largest absolute Gasteiger partial charge is 0.379 e. The summed E-state index contributed by atoms with van der Waals surface area (Å²) in [6.07, 6.45) is 3.90. The van der Waals surface area contributed by atoms with Gasteiger partial charge in [0.25, 0.3) is 0 Å². The third-order valence-corrected chi connectivity index (χ3v) is 4.87. The molecule has 0 saturated carbocycles. The normalized spacial score (nSPS) is 22.3. The molecule has 0 radical (unpaired) electrons. The van der Waals surface area contributed by atoms with Crippen molar-refractivity contribution in [1.29, 1.82) is 0 Å². The zero-order chi connectivity index (χ0) is 16.3. The van der Waals surface area contributed by atoms with Crippen molar-refractivity contribution in [2.45, 2.75) is 26.2 Å². The molecule has 0 spiro atoms. The van der Waals surface area contributed by atoms with E-state index in [0.717, 1.165) is 57.8 Å². The van der Waals surface area contributed by atoms with Crippen LogP contribution in [0.3, 0.4) is 0 Å². The van der Waals surface area contributed by atoms with Crippen LogP contribution in [0.1, 0.15) is 26.2 Å². The first-order valence-corrected chi connectivity index (χ1v) is 9.25. The van der Waals surface area contributed by atoms with E-state index in [-0.39, 0.29) is 0 Å². The second kappa shape index (κ2) is 10.8. The van der Waals surface area contributed by atoms with E-state index in [0.29, 0.717) is 0 Å². The molecular weight excluding hydrogens is 290 g/mol. The van der Waals surface area contributed by atoms with Gasteiger partial charge in [0.2, 0.25) is 0 Å². The maximum absolute atomic E-state index is 5.37. The molecule has 0 bridgehead atoms. The highest BCUT2D eigenvalue weighted by molar-refractivity contribution is 5.79. The molecule has 134 valence electrons. The first-order valence-electron chi connectivity index (χ1n) is 9.25. The van der Waals surface area contributed by atoms with Crippen LogP contribution < -0.4 is 10.6 Å². The SMILES string of the molecule is CN=C(NCCCN1CCC(C)CC1)NCCN1CCOCC1. The van der Waals surface area contributed by atoms with Gasteiger partial charge in [0.05, 0.1) is 13.2 Å². The lowest BCUT2D eigenvalue weighted by molar-refractivity contribution is 0.0389. The summed E-state index contributed by atoms with van der Waals surface area (Å²) in [5.74, 6) is 1.84. The summed E-state index contributed by atoms with van der Waals surface area (Å²) in [4.78, 5) is 9.33. The molecule has 0 amide bonds. The molecule has 0 aromatic rings.